The van der Waals surface area contributed by atoms with Crippen LogP contribution in [-0.4, -0.2) is 23.7 Å². The second kappa shape index (κ2) is 5.87. The highest BCUT2D eigenvalue weighted by Crippen LogP contribution is 2.18. The van der Waals surface area contributed by atoms with E-state index in [2.05, 4.69) is 5.32 Å². The summed E-state index contributed by atoms with van der Waals surface area (Å²) in [4.78, 5) is 11.9. The molecule has 0 aromatic heterocycles. The molecule has 0 aliphatic heterocycles. The molecule has 1 aromatic rings. The molecule has 1 rings (SSSR count). The number of rotatable bonds is 4. The van der Waals surface area contributed by atoms with Crippen molar-refractivity contribution in [3.05, 3.63) is 34.3 Å². The summed E-state index contributed by atoms with van der Waals surface area (Å²) >= 11 is 5.94. The Labute approximate surface area is 100 Å². The highest BCUT2D eigenvalue weighted by Gasteiger charge is 2.12. The van der Waals surface area contributed by atoms with E-state index in [1.54, 1.807) is 18.2 Å². The maximum absolute atomic E-state index is 11.9. The van der Waals surface area contributed by atoms with Crippen molar-refractivity contribution in [2.45, 2.75) is 26.3 Å². The van der Waals surface area contributed by atoms with E-state index in [-0.39, 0.29) is 18.6 Å². The Kier molecular flexibility index (Phi) is 4.77. The number of halogens is 1. The molecule has 0 aliphatic carbocycles. The van der Waals surface area contributed by atoms with Gasteiger partial charge in [-0.05, 0) is 38.0 Å². The second-order valence-electron chi connectivity index (χ2n) is 3.80. The lowest BCUT2D eigenvalue weighted by Gasteiger charge is -2.14. The second-order valence-corrected chi connectivity index (χ2v) is 4.21. The molecule has 0 radical (unpaired) electrons. The van der Waals surface area contributed by atoms with E-state index in [0.717, 1.165) is 5.56 Å². The van der Waals surface area contributed by atoms with Crippen LogP contribution in [0.3, 0.4) is 0 Å². The number of nitrogens with one attached hydrogen (secondary N) is 1. The van der Waals surface area contributed by atoms with Gasteiger partial charge in [-0.15, -0.1) is 0 Å². The fourth-order valence-corrected chi connectivity index (χ4v) is 1.60. The van der Waals surface area contributed by atoms with Crippen LogP contribution < -0.4 is 5.32 Å². The number of carbonyl (C=O) groups excluding carboxylic acids is 1. The van der Waals surface area contributed by atoms with Gasteiger partial charge in [-0.1, -0.05) is 17.7 Å². The summed E-state index contributed by atoms with van der Waals surface area (Å²) < 4.78 is 0. The molecule has 1 atom stereocenters. The zero-order chi connectivity index (χ0) is 12.1. The van der Waals surface area contributed by atoms with Gasteiger partial charge in [-0.3, -0.25) is 4.79 Å². The van der Waals surface area contributed by atoms with Crippen LogP contribution in [0.5, 0.6) is 0 Å². The Bertz CT molecular complexity index is 379. The first kappa shape index (κ1) is 13.0. The molecule has 0 saturated heterocycles. The highest BCUT2D eigenvalue weighted by molar-refractivity contribution is 6.31. The molecule has 0 saturated carbocycles. The molecule has 0 spiro atoms. The number of hydrogen-bond donors (Lipinski definition) is 2. The normalized spacial score (nSPS) is 12.2. The Morgan fingerprint density at radius 2 is 2.25 bits per heavy atom. The zero-order valence-corrected chi connectivity index (χ0v) is 10.2. The monoisotopic (exact) mass is 241 g/mol. The van der Waals surface area contributed by atoms with Crippen molar-refractivity contribution < 1.29 is 9.90 Å². The number of hydrogen-bond acceptors (Lipinski definition) is 2. The summed E-state index contributed by atoms with van der Waals surface area (Å²) in [5.74, 6) is -0.152. The Hall–Kier alpha value is -1.06. The Balaban J connectivity index is 2.77. The molecule has 4 heteroatoms. The molecule has 3 nitrogen and oxygen atoms in total. The van der Waals surface area contributed by atoms with Crippen molar-refractivity contribution in [1.82, 2.24) is 5.32 Å². The average molecular weight is 242 g/mol. The van der Waals surface area contributed by atoms with E-state index < -0.39 is 0 Å². The van der Waals surface area contributed by atoms with Gasteiger partial charge in [0.05, 0.1) is 0 Å². The largest absolute Gasteiger partial charge is 0.396 e. The Morgan fingerprint density at radius 1 is 1.56 bits per heavy atom. The van der Waals surface area contributed by atoms with Crippen LogP contribution in [0, 0.1) is 6.92 Å². The van der Waals surface area contributed by atoms with Gasteiger partial charge >= 0.3 is 0 Å². The molecular weight excluding hydrogens is 226 g/mol. The van der Waals surface area contributed by atoms with Gasteiger partial charge in [0.2, 0.25) is 0 Å². The van der Waals surface area contributed by atoms with Crippen molar-refractivity contribution in [2.75, 3.05) is 6.61 Å². The minimum absolute atomic E-state index is 0.0455. The van der Waals surface area contributed by atoms with E-state index in [1.165, 1.54) is 0 Å². The van der Waals surface area contributed by atoms with Crippen LogP contribution in [-0.2, 0) is 0 Å². The minimum atomic E-state index is -0.152. The molecule has 16 heavy (non-hydrogen) atoms. The minimum Gasteiger partial charge on any atom is -0.396 e. The summed E-state index contributed by atoms with van der Waals surface area (Å²) in [5.41, 5.74) is 1.36. The van der Waals surface area contributed by atoms with Gasteiger partial charge in [0.25, 0.3) is 5.91 Å². The highest BCUT2D eigenvalue weighted by atomic mass is 35.5. The summed E-state index contributed by atoms with van der Waals surface area (Å²) in [6.07, 6.45) is 0.547. The topological polar surface area (TPSA) is 49.3 Å². The lowest BCUT2D eigenvalue weighted by atomic mass is 10.1. The molecule has 2 N–H and O–H groups in total. The molecule has 0 bridgehead atoms. The summed E-state index contributed by atoms with van der Waals surface area (Å²) in [7, 11) is 0. The molecular formula is C12H16ClNO2. The van der Waals surface area contributed by atoms with Gasteiger partial charge in [0.1, 0.15) is 0 Å². The lowest BCUT2D eigenvalue weighted by Crippen LogP contribution is -2.33. The summed E-state index contributed by atoms with van der Waals surface area (Å²) in [6, 6.07) is 5.20. The number of benzene rings is 1. The summed E-state index contributed by atoms with van der Waals surface area (Å²) in [5, 5.41) is 12.1. The number of aliphatic hydroxyl groups is 1. The van der Waals surface area contributed by atoms with Crippen LogP contribution in [0.2, 0.25) is 5.02 Å². The zero-order valence-electron chi connectivity index (χ0n) is 9.46. The van der Waals surface area contributed by atoms with Crippen molar-refractivity contribution in [3.8, 4) is 0 Å². The fourth-order valence-electron chi connectivity index (χ4n) is 1.42. The predicted molar refractivity (Wildman–Crippen MR) is 64.8 cm³/mol. The molecule has 1 amide bonds. The van der Waals surface area contributed by atoms with Crippen molar-refractivity contribution in [2.24, 2.45) is 0 Å². The number of carbonyl (C=O) groups is 1. The molecule has 0 heterocycles. The maximum atomic E-state index is 11.9. The van der Waals surface area contributed by atoms with Crippen LogP contribution >= 0.6 is 11.6 Å². The number of amides is 1. The fraction of sp³-hybridized carbons (Fsp3) is 0.417. The van der Waals surface area contributed by atoms with E-state index in [0.29, 0.717) is 17.0 Å². The van der Waals surface area contributed by atoms with Crippen molar-refractivity contribution in [1.29, 1.82) is 0 Å². The maximum Gasteiger partial charge on any atom is 0.251 e. The van der Waals surface area contributed by atoms with Crippen LogP contribution in [0.4, 0.5) is 0 Å². The van der Waals surface area contributed by atoms with E-state index in [1.807, 2.05) is 13.8 Å². The van der Waals surface area contributed by atoms with E-state index in [9.17, 15) is 4.79 Å². The lowest BCUT2D eigenvalue weighted by molar-refractivity contribution is 0.0934. The van der Waals surface area contributed by atoms with Crippen LogP contribution in [0.15, 0.2) is 18.2 Å². The molecule has 1 unspecified atom stereocenters. The van der Waals surface area contributed by atoms with Crippen LogP contribution in [0.1, 0.15) is 29.3 Å². The third-order valence-corrected chi connectivity index (χ3v) is 2.86. The van der Waals surface area contributed by atoms with Gasteiger partial charge < -0.3 is 10.4 Å². The van der Waals surface area contributed by atoms with Gasteiger partial charge in [-0.2, -0.15) is 0 Å². The van der Waals surface area contributed by atoms with E-state index in [4.69, 9.17) is 16.7 Å². The molecule has 1 aromatic carbocycles. The third kappa shape index (κ3) is 3.22. The molecule has 88 valence electrons. The molecule has 0 fully saturated rings. The average Bonchev–Trinajstić information content (AvgIpc) is 2.22. The van der Waals surface area contributed by atoms with Crippen LogP contribution in [0.25, 0.3) is 0 Å². The van der Waals surface area contributed by atoms with Gasteiger partial charge in [0.15, 0.2) is 0 Å². The van der Waals surface area contributed by atoms with Crippen molar-refractivity contribution in [3.63, 3.8) is 0 Å². The summed E-state index contributed by atoms with van der Waals surface area (Å²) in [6.45, 7) is 3.73. The first-order chi connectivity index (χ1) is 7.56. The quantitative estimate of drug-likeness (QED) is 0.849. The third-order valence-electron chi connectivity index (χ3n) is 2.45. The first-order valence-electron chi connectivity index (χ1n) is 5.23. The standard InChI is InChI=1S/C12H16ClNO2/c1-8(6-7-15)14-12(16)10-4-3-5-11(13)9(10)2/h3-5,8,15H,6-7H2,1-2H3,(H,14,16). The Morgan fingerprint density at radius 3 is 2.88 bits per heavy atom. The smallest absolute Gasteiger partial charge is 0.251 e. The SMILES string of the molecule is Cc1c(Cl)cccc1C(=O)NC(C)CCO. The van der Waals surface area contributed by atoms with Gasteiger partial charge in [0, 0.05) is 23.2 Å². The number of aliphatic hydroxyl groups excluding tert-OH is 1. The molecule has 0 aliphatic rings. The predicted octanol–water partition coefficient (Wildman–Crippen LogP) is 2.15. The van der Waals surface area contributed by atoms with E-state index >= 15 is 0 Å². The van der Waals surface area contributed by atoms with Gasteiger partial charge in [-0.25, -0.2) is 0 Å². The van der Waals surface area contributed by atoms with Crippen molar-refractivity contribution >= 4 is 17.5 Å². The first-order valence-corrected chi connectivity index (χ1v) is 5.61.